The highest BCUT2D eigenvalue weighted by molar-refractivity contribution is 5.72. The van der Waals surface area contributed by atoms with Crippen molar-refractivity contribution < 1.29 is 24.3 Å². The van der Waals surface area contributed by atoms with Gasteiger partial charge in [-0.2, -0.15) is 0 Å². The molecular weight excluding hydrogens is 221 g/mol. The molecule has 0 spiro atoms. The second kappa shape index (κ2) is 4.67. The third kappa shape index (κ3) is 2.99. The minimum atomic E-state index is -1.71. The molecule has 6 nitrogen and oxygen atoms in total. The molecule has 0 aliphatic rings. The number of benzene rings is 1. The van der Waals surface area contributed by atoms with Crippen molar-refractivity contribution in [2.45, 2.75) is 12.5 Å². The molecule has 0 amide bonds. The molecule has 0 aromatic heterocycles. The Balaban J connectivity index is 2.97. The number of hydrogen-bond donors (Lipinski definition) is 2. The lowest BCUT2D eigenvalue weighted by molar-refractivity contribution is -0.385. The normalized spacial score (nSPS) is 12.1. The maximum atomic E-state index is 12.9. The van der Waals surface area contributed by atoms with Gasteiger partial charge in [0.2, 0.25) is 0 Å². The van der Waals surface area contributed by atoms with Gasteiger partial charge in [0.25, 0.3) is 5.69 Å². The molecule has 0 saturated heterocycles. The summed E-state index contributed by atoms with van der Waals surface area (Å²) >= 11 is 0. The third-order valence-electron chi connectivity index (χ3n) is 1.87. The van der Waals surface area contributed by atoms with Crippen molar-refractivity contribution >= 4 is 11.7 Å². The van der Waals surface area contributed by atoms with E-state index in [9.17, 15) is 19.3 Å². The van der Waals surface area contributed by atoms with E-state index in [1.807, 2.05) is 0 Å². The third-order valence-corrected chi connectivity index (χ3v) is 1.87. The van der Waals surface area contributed by atoms with Gasteiger partial charge in [-0.3, -0.25) is 10.1 Å². The number of carbonyl (C=O) groups is 1. The molecule has 0 bridgehead atoms. The van der Waals surface area contributed by atoms with Crippen molar-refractivity contribution in [2.75, 3.05) is 0 Å². The monoisotopic (exact) mass is 229 g/mol. The summed E-state index contributed by atoms with van der Waals surface area (Å²) in [5.74, 6) is -2.31. The Morgan fingerprint density at radius 3 is 2.62 bits per heavy atom. The van der Waals surface area contributed by atoms with E-state index in [1.54, 1.807) is 0 Å². The summed E-state index contributed by atoms with van der Waals surface area (Å²) in [6.07, 6.45) is -2.09. The smallest absolute Gasteiger partial charge is 0.332 e. The molecule has 1 atom stereocenters. The molecular formula is C9H8FNO5. The van der Waals surface area contributed by atoms with Crippen LogP contribution in [0.5, 0.6) is 0 Å². The molecule has 16 heavy (non-hydrogen) atoms. The van der Waals surface area contributed by atoms with E-state index in [4.69, 9.17) is 10.2 Å². The zero-order valence-corrected chi connectivity index (χ0v) is 7.96. The molecule has 0 heterocycles. The molecule has 0 aliphatic carbocycles. The lowest BCUT2D eigenvalue weighted by Gasteiger charge is -2.05. The lowest BCUT2D eigenvalue weighted by atomic mass is 10.1. The number of rotatable bonds is 4. The number of nitro groups is 1. The van der Waals surface area contributed by atoms with Crippen molar-refractivity contribution in [1.82, 2.24) is 0 Å². The molecule has 1 rings (SSSR count). The van der Waals surface area contributed by atoms with Crippen LogP contribution in [0.3, 0.4) is 0 Å². The Kier molecular flexibility index (Phi) is 3.51. The molecule has 1 aromatic carbocycles. The second-order valence-electron chi connectivity index (χ2n) is 3.13. The van der Waals surface area contributed by atoms with Gasteiger partial charge in [-0.15, -0.1) is 0 Å². The van der Waals surface area contributed by atoms with Crippen LogP contribution < -0.4 is 0 Å². The highest BCUT2D eigenvalue weighted by Crippen LogP contribution is 2.17. The van der Waals surface area contributed by atoms with Crippen LogP contribution >= 0.6 is 0 Å². The summed E-state index contributed by atoms with van der Waals surface area (Å²) in [5.41, 5.74) is -0.422. The first kappa shape index (κ1) is 12.1. The van der Waals surface area contributed by atoms with Crippen LogP contribution in [0, 0.1) is 15.9 Å². The number of carboxylic acid groups (broad SMARTS) is 1. The number of aliphatic carboxylic acids is 1. The standard InChI is InChI=1S/C9H8FNO5/c10-6-1-5(3-8(12)9(13)14)2-7(4-6)11(15)16/h1-2,4,8,12H,3H2,(H,13,14). The first-order valence-corrected chi connectivity index (χ1v) is 4.25. The fourth-order valence-corrected chi connectivity index (χ4v) is 1.17. The summed E-state index contributed by atoms with van der Waals surface area (Å²) in [5, 5.41) is 27.8. The molecule has 0 radical (unpaired) electrons. The van der Waals surface area contributed by atoms with Crippen molar-refractivity contribution in [3.05, 3.63) is 39.7 Å². The fraction of sp³-hybridized carbons (Fsp3) is 0.222. The number of nitro benzene ring substituents is 1. The summed E-state index contributed by atoms with van der Waals surface area (Å²) in [7, 11) is 0. The van der Waals surface area contributed by atoms with E-state index >= 15 is 0 Å². The number of nitrogens with zero attached hydrogens (tertiary/aromatic N) is 1. The van der Waals surface area contributed by atoms with Gasteiger partial charge in [-0.25, -0.2) is 9.18 Å². The van der Waals surface area contributed by atoms with Crippen molar-refractivity contribution in [1.29, 1.82) is 0 Å². The Morgan fingerprint density at radius 1 is 1.50 bits per heavy atom. The highest BCUT2D eigenvalue weighted by Gasteiger charge is 2.17. The second-order valence-corrected chi connectivity index (χ2v) is 3.13. The van der Waals surface area contributed by atoms with Crippen molar-refractivity contribution in [2.24, 2.45) is 0 Å². The molecule has 1 unspecified atom stereocenters. The average molecular weight is 229 g/mol. The van der Waals surface area contributed by atoms with Gasteiger partial charge < -0.3 is 10.2 Å². The van der Waals surface area contributed by atoms with Gasteiger partial charge >= 0.3 is 5.97 Å². The van der Waals surface area contributed by atoms with Crippen LogP contribution in [0.15, 0.2) is 18.2 Å². The van der Waals surface area contributed by atoms with Crippen molar-refractivity contribution in [3.8, 4) is 0 Å². The van der Waals surface area contributed by atoms with Crippen LogP contribution in [0.2, 0.25) is 0 Å². The van der Waals surface area contributed by atoms with Crippen LogP contribution in [0.25, 0.3) is 0 Å². The van der Waals surface area contributed by atoms with Crippen molar-refractivity contribution in [3.63, 3.8) is 0 Å². The number of aliphatic hydroxyl groups is 1. The molecule has 7 heteroatoms. The Hall–Kier alpha value is -2.02. The van der Waals surface area contributed by atoms with E-state index in [2.05, 4.69) is 0 Å². The molecule has 1 aromatic rings. The molecule has 0 aliphatic heterocycles. The predicted molar refractivity (Wildman–Crippen MR) is 50.4 cm³/mol. The van der Waals surface area contributed by atoms with Gasteiger partial charge in [-0.1, -0.05) is 0 Å². The number of carboxylic acids is 1. The van der Waals surface area contributed by atoms with E-state index < -0.39 is 28.5 Å². The fourth-order valence-electron chi connectivity index (χ4n) is 1.17. The molecule has 0 fully saturated rings. The minimum absolute atomic E-state index is 0.0570. The van der Waals surface area contributed by atoms with E-state index in [0.717, 1.165) is 18.2 Å². The van der Waals surface area contributed by atoms with Crippen LogP contribution in [0.4, 0.5) is 10.1 Å². The molecule has 2 N–H and O–H groups in total. The van der Waals surface area contributed by atoms with E-state index in [0.29, 0.717) is 0 Å². The van der Waals surface area contributed by atoms with E-state index in [1.165, 1.54) is 0 Å². The zero-order chi connectivity index (χ0) is 12.3. The highest BCUT2D eigenvalue weighted by atomic mass is 19.1. The summed E-state index contributed by atoms with van der Waals surface area (Å²) in [6.45, 7) is 0. The van der Waals surface area contributed by atoms with Gasteiger partial charge in [0, 0.05) is 12.5 Å². The zero-order valence-electron chi connectivity index (χ0n) is 7.96. The van der Waals surface area contributed by atoms with Crippen LogP contribution in [-0.4, -0.2) is 27.2 Å². The number of hydrogen-bond acceptors (Lipinski definition) is 4. The summed E-state index contributed by atoms with van der Waals surface area (Å²) in [6, 6.07) is 2.69. The van der Waals surface area contributed by atoms with Crippen LogP contribution in [0.1, 0.15) is 5.56 Å². The van der Waals surface area contributed by atoms with Gasteiger partial charge in [0.1, 0.15) is 5.82 Å². The number of non-ortho nitro benzene ring substituents is 1. The maximum absolute atomic E-state index is 12.9. The quantitative estimate of drug-likeness (QED) is 0.585. The average Bonchev–Trinajstić information content (AvgIpc) is 2.16. The SMILES string of the molecule is O=C(O)C(O)Cc1cc(F)cc([N+](=O)[O-])c1. The first-order valence-electron chi connectivity index (χ1n) is 4.25. The predicted octanol–water partition coefficient (Wildman–Crippen LogP) is 0.722. The molecule has 86 valence electrons. The Morgan fingerprint density at radius 2 is 2.12 bits per heavy atom. The minimum Gasteiger partial charge on any atom is -0.479 e. The topological polar surface area (TPSA) is 101 Å². The van der Waals surface area contributed by atoms with Gasteiger partial charge in [0.05, 0.1) is 11.0 Å². The first-order chi connectivity index (χ1) is 7.40. The van der Waals surface area contributed by atoms with E-state index in [-0.39, 0.29) is 12.0 Å². The summed E-state index contributed by atoms with van der Waals surface area (Å²) < 4.78 is 12.9. The largest absolute Gasteiger partial charge is 0.479 e. The number of aliphatic hydroxyl groups excluding tert-OH is 1. The summed E-state index contributed by atoms with van der Waals surface area (Å²) in [4.78, 5) is 19.9. The Bertz CT molecular complexity index is 434. The van der Waals surface area contributed by atoms with Gasteiger partial charge in [-0.05, 0) is 11.6 Å². The Labute approximate surface area is 89.1 Å². The van der Waals surface area contributed by atoms with Gasteiger partial charge in [0.15, 0.2) is 6.10 Å². The lowest BCUT2D eigenvalue weighted by Crippen LogP contribution is -2.22. The molecule has 0 saturated carbocycles. The number of halogens is 1. The maximum Gasteiger partial charge on any atom is 0.332 e. The van der Waals surface area contributed by atoms with Crippen LogP contribution in [-0.2, 0) is 11.2 Å².